The Kier molecular flexibility index (Phi) is 5.67. The second-order valence-corrected chi connectivity index (χ2v) is 10.4. The number of nitrogens with zero attached hydrogens (tertiary/aromatic N) is 2. The number of fused-ring (bicyclic) bond motifs is 5. The number of pyridine rings is 2. The van der Waals surface area contributed by atoms with E-state index < -0.39 is 11.6 Å². The highest BCUT2D eigenvalue weighted by Gasteiger charge is 2.40. The molecule has 1 aromatic carbocycles. The SMILES string of the molecule is CCC1(O)CC(=O)OCc2c1cc1n(c2=O)Cc2c-1nc1ccc(OC)cc1c2C(=O)C1CCCCC1. The summed E-state index contributed by atoms with van der Waals surface area (Å²) in [5, 5.41) is 12.1. The van der Waals surface area contributed by atoms with E-state index >= 15 is 0 Å². The van der Waals surface area contributed by atoms with E-state index in [1.807, 2.05) is 18.2 Å². The fourth-order valence-corrected chi connectivity index (χ4v) is 6.23. The van der Waals surface area contributed by atoms with Gasteiger partial charge in [0.1, 0.15) is 18.0 Å². The van der Waals surface area contributed by atoms with Crippen molar-refractivity contribution in [3.05, 3.63) is 56.9 Å². The molecule has 6 rings (SSSR count). The number of benzene rings is 1. The van der Waals surface area contributed by atoms with E-state index in [1.165, 1.54) is 0 Å². The first kappa shape index (κ1) is 23.9. The van der Waals surface area contributed by atoms with Crippen LogP contribution < -0.4 is 10.3 Å². The summed E-state index contributed by atoms with van der Waals surface area (Å²) in [6, 6.07) is 7.28. The Bertz CT molecular complexity index is 1520. The predicted octanol–water partition coefficient (Wildman–Crippen LogP) is 4.24. The number of cyclic esters (lactones) is 1. The summed E-state index contributed by atoms with van der Waals surface area (Å²) in [6.45, 7) is 1.79. The van der Waals surface area contributed by atoms with E-state index in [2.05, 4.69) is 0 Å². The number of aliphatic hydroxyl groups is 1. The first-order valence-electron chi connectivity index (χ1n) is 13.0. The summed E-state index contributed by atoms with van der Waals surface area (Å²) >= 11 is 0. The van der Waals surface area contributed by atoms with Crippen LogP contribution in [0.15, 0.2) is 29.1 Å². The third-order valence-corrected chi connectivity index (χ3v) is 8.37. The summed E-state index contributed by atoms with van der Waals surface area (Å²) in [4.78, 5) is 44.9. The van der Waals surface area contributed by atoms with E-state index in [9.17, 15) is 19.5 Å². The van der Waals surface area contributed by atoms with Crippen molar-refractivity contribution in [1.82, 2.24) is 9.55 Å². The molecule has 3 aliphatic rings. The molecule has 37 heavy (non-hydrogen) atoms. The Morgan fingerprint density at radius 3 is 2.70 bits per heavy atom. The van der Waals surface area contributed by atoms with Crippen molar-refractivity contribution in [3.8, 4) is 17.1 Å². The molecule has 0 saturated heterocycles. The van der Waals surface area contributed by atoms with Crippen LogP contribution in [-0.2, 0) is 28.3 Å². The number of carbonyl (C=O) groups excluding carboxylic acids is 2. The van der Waals surface area contributed by atoms with Crippen molar-refractivity contribution in [2.24, 2.45) is 5.92 Å². The molecule has 1 unspecified atom stereocenters. The average Bonchev–Trinajstić information content (AvgIpc) is 3.22. The quantitative estimate of drug-likeness (QED) is 0.328. The van der Waals surface area contributed by atoms with E-state index in [0.717, 1.165) is 43.1 Å². The van der Waals surface area contributed by atoms with Crippen LogP contribution >= 0.6 is 0 Å². The van der Waals surface area contributed by atoms with Crippen LogP contribution in [0, 0.1) is 5.92 Å². The minimum atomic E-state index is -1.51. The lowest BCUT2D eigenvalue weighted by Gasteiger charge is -2.26. The number of hydrogen-bond acceptors (Lipinski definition) is 7. The van der Waals surface area contributed by atoms with Gasteiger partial charge in [-0.1, -0.05) is 26.2 Å². The molecule has 1 saturated carbocycles. The molecule has 1 atom stereocenters. The van der Waals surface area contributed by atoms with Crippen LogP contribution in [0.2, 0.25) is 0 Å². The van der Waals surface area contributed by atoms with Crippen molar-refractivity contribution in [2.75, 3.05) is 7.11 Å². The number of methoxy groups -OCH3 is 1. The second-order valence-electron chi connectivity index (χ2n) is 10.4. The van der Waals surface area contributed by atoms with Gasteiger partial charge in [-0.2, -0.15) is 0 Å². The Morgan fingerprint density at radius 2 is 1.97 bits per heavy atom. The minimum Gasteiger partial charge on any atom is -0.497 e. The largest absolute Gasteiger partial charge is 0.497 e. The normalized spacial score (nSPS) is 21.1. The highest BCUT2D eigenvalue weighted by Crippen LogP contribution is 2.42. The number of hydrogen-bond donors (Lipinski definition) is 1. The summed E-state index contributed by atoms with van der Waals surface area (Å²) in [5.41, 5.74) is 1.96. The molecular formula is C29H30N2O6. The van der Waals surface area contributed by atoms with Crippen LogP contribution in [0.3, 0.4) is 0 Å². The second kappa shape index (κ2) is 8.80. The van der Waals surface area contributed by atoms with Gasteiger partial charge in [0.15, 0.2) is 5.78 Å². The van der Waals surface area contributed by atoms with Gasteiger partial charge in [-0.3, -0.25) is 14.4 Å². The van der Waals surface area contributed by atoms with Crippen LogP contribution in [-0.4, -0.2) is 33.5 Å². The van der Waals surface area contributed by atoms with Crippen molar-refractivity contribution in [3.63, 3.8) is 0 Å². The number of carbonyl (C=O) groups is 2. The Hall–Kier alpha value is -3.52. The molecule has 3 aromatic rings. The standard InChI is InChI=1S/C29H30N2O6/c1-3-29(35)13-24(32)37-15-20-21(29)12-23-26-19(14-31(23)28(20)34)25(27(33)16-7-5-4-6-8-16)18-11-17(36-2)9-10-22(18)30-26/h9-12,16,35H,3-8,13-15H2,1-2H3. The van der Waals surface area contributed by atoms with E-state index in [4.69, 9.17) is 14.5 Å². The zero-order valence-corrected chi connectivity index (χ0v) is 21.1. The van der Waals surface area contributed by atoms with Crippen molar-refractivity contribution < 1.29 is 24.2 Å². The average molecular weight is 503 g/mol. The highest BCUT2D eigenvalue weighted by atomic mass is 16.5. The molecule has 0 bridgehead atoms. The van der Waals surface area contributed by atoms with E-state index in [0.29, 0.717) is 33.8 Å². The van der Waals surface area contributed by atoms with Crippen LogP contribution in [0.5, 0.6) is 5.75 Å². The molecular weight excluding hydrogens is 472 g/mol. The van der Waals surface area contributed by atoms with Gasteiger partial charge in [0.05, 0.1) is 42.5 Å². The molecule has 2 aliphatic heterocycles. The van der Waals surface area contributed by atoms with Crippen molar-refractivity contribution in [1.29, 1.82) is 0 Å². The number of Topliss-reactive ketones (excluding diaryl/α,β-unsaturated/α-hetero) is 1. The number of esters is 1. The molecule has 0 radical (unpaired) electrons. The Morgan fingerprint density at radius 1 is 1.19 bits per heavy atom. The first-order chi connectivity index (χ1) is 17.8. The van der Waals surface area contributed by atoms with Crippen LogP contribution in [0.4, 0.5) is 0 Å². The molecule has 1 fully saturated rings. The van der Waals surface area contributed by atoms with E-state index in [1.54, 1.807) is 24.7 Å². The molecule has 0 spiro atoms. The monoisotopic (exact) mass is 502 g/mol. The molecule has 8 heteroatoms. The molecule has 1 aliphatic carbocycles. The van der Waals surface area contributed by atoms with Crippen LogP contribution in [0.1, 0.15) is 78.9 Å². The van der Waals surface area contributed by atoms with Crippen LogP contribution in [0.25, 0.3) is 22.3 Å². The number of ketones is 1. The fourth-order valence-electron chi connectivity index (χ4n) is 6.23. The third-order valence-electron chi connectivity index (χ3n) is 8.37. The zero-order valence-electron chi connectivity index (χ0n) is 21.1. The van der Waals surface area contributed by atoms with Gasteiger partial charge in [-0.25, -0.2) is 4.98 Å². The van der Waals surface area contributed by atoms with Crippen molar-refractivity contribution >= 4 is 22.7 Å². The fraction of sp³-hybridized carbons (Fsp3) is 0.448. The summed E-state index contributed by atoms with van der Waals surface area (Å²) in [7, 11) is 1.59. The smallest absolute Gasteiger partial charge is 0.309 e. The first-order valence-corrected chi connectivity index (χ1v) is 13.0. The lowest BCUT2D eigenvalue weighted by molar-refractivity contribution is -0.149. The van der Waals surface area contributed by atoms with Gasteiger partial charge in [0.25, 0.3) is 5.56 Å². The maximum Gasteiger partial charge on any atom is 0.309 e. The number of rotatable bonds is 4. The maximum atomic E-state index is 14.0. The number of ether oxygens (including phenoxy) is 2. The zero-order chi connectivity index (χ0) is 25.9. The molecule has 2 aromatic heterocycles. The lowest BCUT2D eigenvalue weighted by Crippen LogP contribution is -2.32. The molecule has 4 heterocycles. The number of aromatic nitrogens is 2. The van der Waals surface area contributed by atoms with Gasteiger partial charge in [0.2, 0.25) is 0 Å². The van der Waals surface area contributed by atoms with Gasteiger partial charge in [-0.15, -0.1) is 0 Å². The topological polar surface area (TPSA) is 108 Å². The van der Waals surface area contributed by atoms with Crippen molar-refractivity contribution in [2.45, 2.75) is 70.6 Å². The lowest BCUT2D eigenvalue weighted by atomic mass is 9.81. The molecule has 0 amide bonds. The summed E-state index contributed by atoms with van der Waals surface area (Å²) in [5.74, 6) is 0.138. The summed E-state index contributed by atoms with van der Waals surface area (Å²) < 4.78 is 12.3. The minimum absolute atomic E-state index is 0.0589. The maximum absolute atomic E-state index is 14.0. The molecule has 192 valence electrons. The Balaban J connectivity index is 1.61. The molecule has 1 N–H and O–H groups in total. The summed E-state index contributed by atoms with van der Waals surface area (Å²) in [6.07, 6.45) is 4.96. The Labute approximate surface area is 214 Å². The molecule has 8 nitrogen and oxygen atoms in total. The van der Waals surface area contributed by atoms with E-state index in [-0.39, 0.29) is 48.8 Å². The predicted molar refractivity (Wildman–Crippen MR) is 137 cm³/mol. The van der Waals surface area contributed by atoms with Gasteiger partial charge in [-0.05, 0) is 49.1 Å². The third kappa shape index (κ3) is 3.69. The van der Waals surface area contributed by atoms with Gasteiger partial charge >= 0.3 is 5.97 Å². The van der Waals surface area contributed by atoms with Gasteiger partial charge in [0, 0.05) is 22.4 Å². The van der Waals surface area contributed by atoms with Gasteiger partial charge < -0.3 is 19.1 Å². The highest BCUT2D eigenvalue weighted by molar-refractivity contribution is 6.11.